The van der Waals surface area contributed by atoms with Crippen molar-refractivity contribution < 1.29 is 4.21 Å². The van der Waals surface area contributed by atoms with E-state index in [9.17, 15) is 4.21 Å². The van der Waals surface area contributed by atoms with Gasteiger partial charge in [0.05, 0.1) is 0 Å². The zero-order chi connectivity index (χ0) is 11.0. The van der Waals surface area contributed by atoms with Gasteiger partial charge in [0.15, 0.2) is 0 Å². The molecule has 0 fully saturated rings. The Morgan fingerprint density at radius 2 is 1.93 bits per heavy atom. The zero-order valence-corrected chi connectivity index (χ0v) is 10.8. The molecule has 14 heavy (non-hydrogen) atoms. The zero-order valence-electron chi connectivity index (χ0n) is 10.0. The Hall–Kier alpha value is 0.110. The Morgan fingerprint density at radius 3 is 2.36 bits per heavy atom. The molecule has 0 saturated carbocycles. The number of rotatable bonds is 8. The Labute approximate surface area is 91.3 Å². The fraction of sp³-hybridized carbons (Fsp3) is 1.00. The summed E-state index contributed by atoms with van der Waals surface area (Å²) in [6, 6.07) is 0.438. The van der Waals surface area contributed by atoms with Gasteiger partial charge in [-0.1, -0.05) is 27.7 Å². The lowest BCUT2D eigenvalue weighted by Crippen LogP contribution is -2.33. The molecule has 2 atom stereocenters. The Bertz CT molecular complexity index is 159. The van der Waals surface area contributed by atoms with Crippen molar-refractivity contribution in [3.8, 4) is 0 Å². The first-order valence-corrected chi connectivity index (χ1v) is 7.17. The summed E-state index contributed by atoms with van der Waals surface area (Å²) in [5, 5.41) is 3.36. The van der Waals surface area contributed by atoms with Crippen molar-refractivity contribution in [1.29, 1.82) is 0 Å². The number of hydrogen-bond donors (Lipinski definition) is 1. The molecule has 1 N–H and O–H groups in total. The summed E-state index contributed by atoms with van der Waals surface area (Å²) in [5.74, 6) is 2.34. The fourth-order valence-electron chi connectivity index (χ4n) is 1.28. The summed E-state index contributed by atoms with van der Waals surface area (Å²) in [6.07, 6.45) is 2.15. The average molecular weight is 219 g/mol. The van der Waals surface area contributed by atoms with Crippen LogP contribution in [0.1, 0.15) is 40.5 Å². The molecule has 0 aliphatic rings. The molecule has 0 heterocycles. The highest BCUT2D eigenvalue weighted by Crippen LogP contribution is 2.03. The van der Waals surface area contributed by atoms with E-state index in [0.717, 1.165) is 30.9 Å². The van der Waals surface area contributed by atoms with E-state index in [-0.39, 0.29) is 0 Å². The van der Waals surface area contributed by atoms with Crippen molar-refractivity contribution in [3.05, 3.63) is 0 Å². The van der Waals surface area contributed by atoms with Gasteiger partial charge in [-0.3, -0.25) is 4.21 Å². The molecule has 0 spiro atoms. The highest BCUT2D eigenvalue weighted by atomic mass is 32.2. The van der Waals surface area contributed by atoms with E-state index < -0.39 is 10.8 Å². The predicted molar refractivity (Wildman–Crippen MR) is 65.1 cm³/mol. The van der Waals surface area contributed by atoms with Crippen LogP contribution in [0.25, 0.3) is 0 Å². The minimum Gasteiger partial charge on any atom is -0.313 e. The van der Waals surface area contributed by atoms with Crippen molar-refractivity contribution in [2.45, 2.75) is 46.6 Å². The van der Waals surface area contributed by atoms with Crippen LogP contribution in [0.15, 0.2) is 0 Å². The molecule has 0 rings (SSSR count). The van der Waals surface area contributed by atoms with Crippen molar-refractivity contribution >= 4 is 10.8 Å². The molecule has 2 unspecified atom stereocenters. The second kappa shape index (κ2) is 8.42. The van der Waals surface area contributed by atoms with Gasteiger partial charge in [0, 0.05) is 28.3 Å². The summed E-state index contributed by atoms with van der Waals surface area (Å²) in [5.41, 5.74) is 0. The number of nitrogens with one attached hydrogen (secondary N) is 1. The Morgan fingerprint density at radius 1 is 1.29 bits per heavy atom. The predicted octanol–water partition coefficient (Wildman–Crippen LogP) is 2.17. The minimum atomic E-state index is -0.635. The van der Waals surface area contributed by atoms with Gasteiger partial charge in [0.1, 0.15) is 0 Å². The third-order valence-electron chi connectivity index (χ3n) is 2.30. The van der Waals surface area contributed by atoms with Crippen LogP contribution >= 0.6 is 0 Å². The van der Waals surface area contributed by atoms with E-state index >= 15 is 0 Å². The summed E-state index contributed by atoms with van der Waals surface area (Å²) in [6.45, 7) is 9.57. The highest BCUT2D eigenvalue weighted by molar-refractivity contribution is 7.85. The molecular formula is C11H25NOS. The number of hydrogen-bond acceptors (Lipinski definition) is 2. The van der Waals surface area contributed by atoms with Crippen LogP contribution in [0.4, 0.5) is 0 Å². The third kappa shape index (κ3) is 7.51. The molecule has 3 heteroatoms. The van der Waals surface area contributed by atoms with E-state index in [1.54, 1.807) is 0 Å². The fourth-order valence-corrected chi connectivity index (χ4v) is 2.99. The lowest BCUT2D eigenvalue weighted by Gasteiger charge is -2.15. The molecule has 0 aromatic heterocycles. The van der Waals surface area contributed by atoms with Crippen LogP contribution in [0, 0.1) is 5.92 Å². The van der Waals surface area contributed by atoms with Crippen molar-refractivity contribution in [3.63, 3.8) is 0 Å². The molecule has 86 valence electrons. The van der Waals surface area contributed by atoms with Crippen LogP contribution in [0.5, 0.6) is 0 Å². The monoisotopic (exact) mass is 219 g/mol. The molecule has 0 aliphatic heterocycles. The molecule has 0 aromatic carbocycles. The van der Waals surface area contributed by atoms with E-state index in [2.05, 4.69) is 33.0 Å². The smallest absolute Gasteiger partial charge is 0.0388 e. The molecule has 0 saturated heterocycles. The summed E-state index contributed by atoms with van der Waals surface area (Å²) in [7, 11) is -0.635. The second-order valence-corrected chi connectivity index (χ2v) is 5.78. The average Bonchev–Trinajstić information content (AvgIpc) is 2.14. The molecule has 0 amide bonds. The quantitative estimate of drug-likeness (QED) is 0.678. The Kier molecular flexibility index (Phi) is 8.49. The van der Waals surface area contributed by atoms with Gasteiger partial charge in [0.25, 0.3) is 0 Å². The maximum absolute atomic E-state index is 11.7. The van der Waals surface area contributed by atoms with Crippen LogP contribution in [0.2, 0.25) is 0 Å². The van der Waals surface area contributed by atoms with Gasteiger partial charge in [-0.25, -0.2) is 0 Å². The van der Waals surface area contributed by atoms with Gasteiger partial charge in [-0.05, 0) is 25.3 Å². The van der Waals surface area contributed by atoms with E-state index in [1.165, 1.54) is 0 Å². The van der Waals surface area contributed by atoms with Crippen LogP contribution in [-0.4, -0.2) is 28.3 Å². The summed E-state index contributed by atoms with van der Waals surface area (Å²) < 4.78 is 11.7. The van der Waals surface area contributed by atoms with E-state index in [4.69, 9.17) is 0 Å². The molecular weight excluding hydrogens is 194 g/mol. The largest absolute Gasteiger partial charge is 0.313 e. The molecule has 0 aliphatic carbocycles. The van der Waals surface area contributed by atoms with Gasteiger partial charge in [-0.2, -0.15) is 0 Å². The molecule has 0 radical (unpaired) electrons. The lowest BCUT2D eigenvalue weighted by atomic mass is 10.2. The van der Waals surface area contributed by atoms with Crippen LogP contribution < -0.4 is 5.32 Å². The minimum absolute atomic E-state index is 0.438. The topological polar surface area (TPSA) is 29.1 Å². The van der Waals surface area contributed by atoms with Gasteiger partial charge in [0.2, 0.25) is 0 Å². The molecule has 0 bridgehead atoms. The summed E-state index contributed by atoms with van der Waals surface area (Å²) >= 11 is 0. The molecule has 2 nitrogen and oxygen atoms in total. The van der Waals surface area contributed by atoms with Crippen LogP contribution in [-0.2, 0) is 10.8 Å². The van der Waals surface area contributed by atoms with Crippen molar-refractivity contribution in [2.24, 2.45) is 5.92 Å². The molecule has 0 aromatic rings. The van der Waals surface area contributed by atoms with E-state index in [1.807, 2.05) is 0 Å². The maximum atomic E-state index is 11.7. The van der Waals surface area contributed by atoms with Crippen molar-refractivity contribution in [1.82, 2.24) is 5.32 Å². The highest BCUT2D eigenvalue weighted by Gasteiger charge is 2.09. The third-order valence-corrected chi connectivity index (χ3v) is 3.76. The maximum Gasteiger partial charge on any atom is 0.0388 e. The van der Waals surface area contributed by atoms with Crippen LogP contribution in [0.3, 0.4) is 0 Å². The lowest BCUT2D eigenvalue weighted by molar-refractivity contribution is 0.550. The summed E-state index contributed by atoms with van der Waals surface area (Å²) in [4.78, 5) is 0. The normalized spacial score (nSPS) is 15.8. The Balaban J connectivity index is 3.67. The standard InChI is InChI=1S/C11H25NOS/c1-5-11(12-6-2)9-14(13)8-7-10(3)4/h10-12H,5-9H2,1-4H3. The first kappa shape index (κ1) is 14.1. The van der Waals surface area contributed by atoms with Gasteiger partial charge >= 0.3 is 0 Å². The first-order chi connectivity index (χ1) is 6.60. The van der Waals surface area contributed by atoms with Crippen molar-refractivity contribution in [2.75, 3.05) is 18.1 Å². The SMILES string of the molecule is CCNC(CC)CS(=O)CCC(C)C. The first-order valence-electron chi connectivity index (χ1n) is 5.68. The van der Waals surface area contributed by atoms with E-state index in [0.29, 0.717) is 12.0 Å². The van der Waals surface area contributed by atoms with Gasteiger partial charge in [-0.15, -0.1) is 0 Å². The van der Waals surface area contributed by atoms with Gasteiger partial charge < -0.3 is 5.32 Å². The second-order valence-electron chi connectivity index (χ2n) is 4.16.